The van der Waals surface area contributed by atoms with E-state index >= 15 is 0 Å². The summed E-state index contributed by atoms with van der Waals surface area (Å²) in [5.41, 5.74) is 0. The smallest absolute Gasteiger partial charge is 0.167 e. The van der Waals surface area contributed by atoms with Crippen LogP contribution in [0.3, 0.4) is 0 Å². The Labute approximate surface area is 103 Å². The van der Waals surface area contributed by atoms with Crippen LogP contribution in [0.15, 0.2) is 0 Å². The number of rotatable bonds is 4. The molecular weight excluding hydrogens is 220 g/mol. The Morgan fingerprint density at radius 2 is 2.00 bits per heavy atom. The Kier molecular flexibility index (Phi) is 4.38. The molecule has 5 nitrogen and oxygen atoms in total. The van der Waals surface area contributed by atoms with E-state index in [1.165, 1.54) is 0 Å². The van der Waals surface area contributed by atoms with Crippen LogP contribution in [0.4, 0.5) is 0 Å². The Hall–Kier alpha value is -0.200. The normalized spacial score (nSPS) is 36.5. The van der Waals surface area contributed by atoms with Gasteiger partial charge in [-0.05, 0) is 14.0 Å². The number of hydrogen-bond acceptors (Lipinski definition) is 5. The highest BCUT2D eigenvalue weighted by Crippen LogP contribution is 2.26. The average molecular weight is 244 g/mol. The predicted octanol–water partition coefficient (Wildman–Crippen LogP) is -0.252. The van der Waals surface area contributed by atoms with Gasteiger partial charge >= 0.3 is 0 Å². The molecule has 2 aliphatic heterocycles. The molecule has 2 aliphatic rings. The maximum Gasteiger partial charge on any atom is 0.167 e. The third-order valence-corrected chi connectivity index (χ3v) is 3.67. The average Bonchev–Trinajstić information content (AvgIpc) is 2.71. The standard InChI is InChI=1S/C12H24N2O3/c1-12(16-10-11(9-15)17-12)3-4-14-7-5-13(2)6-8-14/h11,15H,3-10H2,1-2H3. The molecule has 17 heavy (non-hydrogen) atoms. The Bertz CT molecular complexity index is 244. The van der Waals surface area contributed by atoms with Gasteiger partial charge in [-0.25, -0.2) is 0 Å². The van der Waals surface area contributed by atoms with Gasteiger partial charge in [-0.3, -0.25) is 0 Å². The monoisotopic (exact) mass is 244 g/mol. The number of ether oxygens (including phenoxy) is 2. The highest BCUT2D eigenvalue weighted by molar-refractivity contribution is 4.77. The van der Waals surface area contributed by atoms with E-state index in [1.54, 1.807) is 0 Å². The second-order valence-corrected chi connectivity index (χ2v) is 5.26. The lowest BCUT2D eigenvalue weighted by atomic mass is 10.2. The third-order valence-electron chi connectivity index (χ3n) is 3.67. The minimum Gasteiger partial charge on any atom is -0.394 e. The number of aliphatic hydroxyl groups is 1. The summed E-state index contributed by atoms with van der Waals surface area (Å²) in [7, 11) is 2.16. The van der Waals surface area contributed by atoms with Crippen molar-refractivity contribution in [3.8, 4) is 0 Å². The van der Waals surface area contributed by atoms with Crippen LogP contribution in [0.2, 0.25) is 0 Å². The largest absolute Gasteiger partial charge is 0.394 e. The third kappa shape index (κ3) is 3.63. The van der Waals surface area contributed by atoms with Gasteiger partial charge in [0, 0.05) is 39.1 Å². The zero-order valence-electron chi connectivity index (χ0n) is 10.9. The molecule has 0 aromatic heterocycles. The summed E-state index contributed by atoms with van der Waals surface area (Å²) in [5, 5.41) is 9.02. The summed E-state index contributed by atoms with van der Waals surface area (Å²) in [4.78, 5) is 4.80. The van der Waals surface area contributed by atoms with Crippen molar-refractivity contribution in [1.29, 1.82) is 0 Å². The maximum atomic E-state index is 9.02. The van der Waals surface area contributed by atoms with Crippen LogP contribution in [0.1, 0.15) is 13.3 Å². The van der Waals surface area contributed by atoms with E-state index in [9.17, 15) is 0 Å². The molecule has 0 aromatic carbocycles. The molecular formula is C12H24N2O3. The number of hydrogen-bond donors (Lipinski definition) is 1. The second-order valence-electron chi connectivity index (χ2n) is 5.26. The molecule has 0 bridgehead atoms. The van der Waals surface area contributed by atoms with Gasteiger partial charge < -0.3 is 24.4 Å². The van der Waals surface area contributed by atoms with Crippen molar-refractivity contribution in [2.75, 3.05) is 53.0 Å². The van der Waals surface area contributed by atoms with Crippen molar-refractivity contribution < 1.29 is 14.6 Å². The fourth-order valence-corrected chi connectivity index (χ4v) is 2.34. The second kappa shape index (κ2) is 5.63. The van der Waals surface area contributed by atoms with Crippen molar-refractivity contribution in [1.82, 2.24) is 9.80 Å². The molecule has 100 valence electrons. The molecule has 0 spiro atoms. The van der Waals surface area contributed by atoms with E-state index in [-0.39, 0.29) is 12.7 Å². The molecule has 2 rings (SSSR count). The first-order valence-electron chi connectivity index (χ1n) is 6.45. The Morgan fingerprint density at radius 1 is 1.29 bits per heavy atom. The number of piperazine rings is 1. The molecule has 0 aliphatic carbocycles. The van der Waals surface area contributed by atoms with Gasteiger partial charge in [0.1, 0.15) is 6.10 Å². The molecule has 2 atom stereocenters. The first-order valence-corrected chi connectivity index (χ1v) is 6.45. The van der Waals surface area contributed by atoms with Crippen molar-refractivity contribution in [3.05, 3.63) is 0 Å². The van der Waals surface area contributed by atoms with E-state index in [2.05, 4.69) is 16.8 Å². The van der Waals surface area contributed by atoms with Gasteiger partial charge in [-0.2, -0.15) is 0 Å². The zero-order valence-corrected chi connectivity index (χ0v) is 10.9. The van der Waals surface area contributed by atoms with Gasteiger partial charge in [0.15, 0.2) is 5.79 Å². The molecule has 2 fully saturated rings. The van der Waals surface area contributed by atoms with Gasteiger partial charge in [-0.15, -0.1) is 0 Å². The van der Waals surface area contributed by atoms with Crippen LogP contribution in [0.25, 0.3) is 0 Å². The molecule has 5 heteroatoms. The fourth-order valence-electron chi connectivity index (χ4n) is 2.34. The van der Waals surface area contributed by atoms with Crippen LogP contribution in [0.5, 0.6) is 0 Å². The van der Waals surface area contributed by atoms with E-state index < -0.39 is 5.79 Å². The van der Waals surface area contributed by atoms with Gasteiger partial charge in [-0.1, -0.05) is 0 Å². The van der Waals surface area contributed by atoms with E-state index in [0.717, 1.165) is 39.1 Å². The summed E-state index contributed by atoms with van der Waals surface area (Å²) >= 11 is 0. The number of aliphatic hydroxyl groups excluding tert-OH is 1. The highest BCUT2D eigenvalue weighted by Gasteiger charge is 2.36. The molecule has 0 aromatic rings. The molecule has 2 saturated heterocycles. The van der Waals surface area contributed by atoms with Crippen LogP contribution in [0, 0.1) is 0 Å². The maximum absolute atomic E-state index is 9.02. The van der Waals surface area contributed by atoms with Gasteiger partial charge in [0.25, 0.3) is 0 Å². The lowest BCUT2D eigenvalue weighted by Crippen LogP contribution is -2.46. The minimum atomic E-state index is -0.503. The van der Waals surface area contributed by atoms with Crippen LogP contribution >= 0.6 is 0 Å². The lowest BCUT2D eigenvalue weighted by molar-refractivity contribution is -0.164. The van der Waals surface area contributed by atoms with E-state index in [4.69, 9.17) is 14.6 Å². The molecule has 0 amide bonds. The Balaban J connectivity index is 1.71. The van der Waals surface area contributed by atoms with Crippen molar-refractivity contribution in [3.63, 3.8) is 0 Å². The number of nitrogens with zero attached hydrogens (tertiary/aromatic N) is 2. The molecule has 2 heterocycles. The van der Waals surface area contributed by atoms with Crippen molar-refractivity contribution in [2.45, 2.75) is 25.2 Å². The predicted molar refractivity (Wildman–Crippen MR) is 64.9 cm³/mol. The van der Waals surface area contributed by atoms with E-state index in [0.29, 0.717) is 6.61 Å². The van der Waals surface area contributed by atoms with Crippen molar-refractivity contribution >= 4 is 0 Å². The molecule has 1 N–H and O–H groups in total. The lowest BCUT2D eigenvalue weighted by Gasteiger charge is -2.34. The highest BCUT2D eigenvalue weighted by atomic mass is 16.7. The fraction of sp³-hybridized carbons (Fsp3) is 1.00. The molecule has 0 saturated carbocycles. The SMILES string of the molecule is CN1CCN(CCC2(C)OCC(CO)O2)CC1. The molecule has 0 radical (unpaired) electrons. The molecule has 2 unspecified atom stereocenters. The van der Waals surface area contributed by atoms with E-state index in [1.807, 2.05) is 6.92 Å². The van der Waals surface area contributed by atoms with Crippen LogP contribution < -0.4 is 0 Å². The van der Waals surface area contributed by atoms with Crippen LogP contribution in [-0.2, 0) is 9.47 Å². The quantitative estimate of drug-likeness (QED) is 0.739. The summed E-state index contributed by atoms with van der Waals surface area (Å²) in [6, 6.07) is 0. The summed E-state index contributed by atoms with van der Waals surface area (Å²) in [6.45, 7) is 8.04. The summed E-state index contributed by atoms with van der Waals surface area (Å²) in [5.74, 6) is -0.503. The van der Waals surface area contributed by atoms with Gasteiger partial charge in [0.2, 0.25) is 0 Å². The Morgan fingerprint density at radius 3 is 2.59 bits per heavy atom. The van der Waals surface area contributed by atoms with Crippen LogP contribution in [-0.4, -0.2) is 79.8 Å². The summed E-state index contributed by atoms with van der Waals surface area (Å²) < 4.78 is 11.3. The summed E-state index contributed by atoms with van der Waals surface area (Å²) in [6.07, 6.45) is 0.722. The zero-order chi connectivity index (χ0) is 12.3. The number of likely N-dealkylation sites (N-methyl/N-ethyl adjacent to an activating group) is 1. The van der Waals surface area contributed by atoms with Gasteiger partial charge in [0.05, 0.1) is 13.2 Å². The first kappa shape index (κ1) is 13.2. The first-order chi connectivity index (χ1) is 8.11. The van der Waals surface area contributed by atoms with Crippen molar-refractivity contribution in [2.24, 2.45) is 0 Å². The minimum absolute atomic E-state index is 0.0457. The topological polar surface area (TPSA) is 45.2 Å².